The molecule has 0 radical (unpaired) electrons. The van der Waals surface area contributed by atoms with E-state index in [9.17, 15) is 4.79 Å². The summed E-state index contributed by atoms with van der Waals surface area (Å²) in [5.41, 5.74) is 2.65. The molecule has 1 amide bonds. The lowest BCUT2D eigenvalue weighted by molar-refractivity contribution is -0.134. The molecule has 102 valence electrons. The first-order valence-corrected chi connectivity index (χ1v) is 7.32. The molecule has 3 heteroatoms. The smallest absolute Gasteiger partial charge is 0.240 e. The van der Waals surface area contributed by atoms with Gasteiger partial charge in [-0.15, -0.1) is 0 Å². The molecule has 3 nitrogen and oxygen atoms in total. The van der Waals surface area contributed by atoms with Crippen molar-refractivity contribution in [3.8, 4) is 0 Å². The van der Waals surface area contributed by atoms with E-state index in [1.165, 1.54) is 36.8 Å². The Balaban J connectivity index is 1.68. The van der Waals surface area contributed by atoms with Gasteiger partial charge in [-0.1, -0.05) is 37.1 Å². The Morgan fingerprint density at radius 2 is 1.89 bits per heavy atom. The van der Waals surface area contributed by atoms with Gasteiger partial charge in [0, 0.05) is 19.6 Å². The molecule has 1 aromatic rings. The quantitative estimate of drug-likeness (QED) is 0.881. The van der Waals surface area contributed by atoms with E-state index in [1.807, 2.05) is 11.9 Å². The number of hydrogen-bond donors (Lipinski definition) is 1. The molecule has 1 saturated carbocycles. The lowest BCUT2D eigenvalue weighted by Crippen LogP contribution is -2.50. The van der Waals surface area contributed by atoms with E-state index in [0.717, 1.165) is 13.0 Å². The second-order valence-corrected chi connectivity index (χ2v) is 5.79. The summed E-state index contributed by atoms with van der Waals surface area (Å²) in [6.07, 6.45) is 5.70. The molecule has 1 atom stereocenters. The number of nitrogens with one attached hydrogen (secondary N) is 1. The van der Waals surface area contributed by atoms with Crippen LogP contribution in [0.1, 0.15) is 36.8 Å². The zero-order valence-electron chi connectivity index (χ0n) is 11.6. The van der Waals surface area contributed by atoms with Crippen LogP contribution in [0.4, 0.5) is 0 Å². The second kappa shape index (κ2) is 5.33. The van der Waals surface area contributed by atoms with Gasteiger partial charge in [-0.05, 0) is 30.4 Å². The van der Waals surface area contributed by atoms with Gasteiger partial charge in [0.05, 0.1) is 6.04 Å². The van der Waals surface area contributed by atoms with Crippen LogP contribution < -0.4 is 5.32 Å². The fraction of sp³-hybridized carbons (Fsp3) is 0.562. The molecule has 1 N–H and O–H groups in total. The van der Waals surface area contributed by atoms with Crippen LogP contribution in [0.5, 0.6) is 0 Å². The summed E-state index contributed by atoms with van der Waals surface area (Å²) >= 11 is 0. The highest BCUT2D eigenvalue weighted by Gasteiger charge is 2.30. The largest absolute Gasteiger partial charge is 0.341 e. The van der Waals surface area contributed by atoms with Gasteiger partial charge in [-0.3, -0.25) is 4.79 Å². The number of fused-ring (bicyclic) bond motifs is 1. The van der Waals surface area contributed by atoms with Crippen LogP contribution in [0.25, 0.3) is 0 Å². The molecule has 3 rings (SSSR count). The number of carbonyl (C=O) groups excluding carboxylic acids is 1. The van der Waals surface area contributed by atoms with Gasteiger partial charge in [0.2, 0.25) is 5.91 Å². The summed E-state index contributed by atoms with van der Waals surface area (Å²) in [6, 6.07) is 8.84. The van der Waals surface area contributed by atoms with Crippen molar-refractivity contribution in [3.05, 3.63) is 35.4 Å². The van der Waals surface area contributed by atoms with Gasteiger partial charge in [0.1, 0.15) is 0 Å². The van der Waals surface area contributed by atoms with Gasteiger partial charge in [-0.25, -0.2) is 0 Å². The van der Waals surface area contributed by atoms with Crippen LogP contribution >= 0.6 is 0 Å². The number of nitrogens with zero attached hydrogens (tertiary/aromatic N) is 1. The average Bonchev–Trinajstić information content (AvgIpc) is 2.99. The molecular weight excluding hydrogens is 236 g/mol. The number of likely N-dealkylation sites (N-methyl/N-ethyl adjacent to an activating group) is 1. The maximum atomic E-state index is 12.6. The standard InChI is InChI=1S/C16H22N2O/c1-18(14-8-4-5-9-14)16(19)15-10-12-6-2-3-7-13(12)11-17-15/h2-3,6-7,14-15,17H,4-5,8-11H2,1H3/t15-/m0/s1. The molecule has 1 fully saturated rings. The van der Waals surface area contributed by atoms with E-state index >= 15 is 0 Å². The fourth-order valence-corrected chi connectivity index (χ4v) is 3.35. The van der Waals surface area contributed by atoms with Gasteiger partial charge < -0.3 is 10.2 Å². The van der Waals surface area contributed by atoms with Gasteiger partial charge >= 0.3 is 0 Å². The Bertz CT molecular complexity index is 466. The Hall–Kier alpha value is -1.35. The molecule has 2 aliphatic rings. The van der Waals surface area contributed by atoms with E-state index in [-0.39, 0.29) is 11.9 Å². The monoisotopic (exact) mass is 258 g/mol. The number of hydrogen-bond acceptors (Lipinski definition) is 2. The molecule has 0 unspecified atom stereocenters. The molecule has 1 heterocycles. The van der Waals surface area contributed by atoms with E-state index in [2.05, 4.69) is 29.6 Å². The van der Waals surface area contributed by atoms with E-state index < -0.39 is 0 Å². The van der Waals surface area contributed by atoms with Crippen molar-refractivity contribution in [2.45, 2.75) is 50.7 Å². The minimum atomic E-state index is -0.0412. The van der Waals surface area contributed by atoms with Crippen molar-refractivity contribution in [1.82, 2.24) is 10.2 Å². The summed E-state index contributed by atoms with van der Waals surface area (Å²) in [5, 5.41) is 3.39. The zero-order valence-corrected chi connectivity index (χ0v) is 11.6. The summed E-state index contributed by atoms with van der Waals surface area (Å²) in [6.45, 7) is 0.811. The lowest BCUT2D eigenvalue weighted by Gasteiger charge is -2.32. The Morgan fingerprint density at radius 1 is 1.21 bits per heavy atom. The Morgan fingerprint density at radius 3 is 2.63 bits per heavy atom. The second-order valence-electron chi connectivity index (χ2n) is 5.79. The van der Waals surface area contributed by atoms with Crippen LogP contribution in [-0.2, 0) is 17.8 Å². The van der Waals surface area contributed by atoms with E-state index in [0.29, 0.717) is 6.04 Å². The lowest BCUT2D eigenvalue weighted by atomic mass is 9.95. The molecule has 0 bridgehead atoms. The van der Waals surface area contributed by atoms with Crippen molar-refractivity contribution < 1.29 is 4.79 Å². The minimum absolute atomic E-state index is 0.0412. The number of amides is 1. The first-order chi connectivity index (χ1) is 9.25. The summed E-state index contributed by atoms with van der Waals surface area (Å²) in [7, 11) is 1.97. The molecule has 1 aromatic carbocycles. The highest BCUT2D eigenvalue weighted by atomic mass is 16.2. The van der Waals surface area contributed by atoms with Crippen LogP contribution in [0.15, 0.2) is 24.3 Å². The van der Waals surface area contributed by atoms with Crippen LogP contribution in [-0.4, -0.2) is 29.9 Å². The van der Waals surface area contributed by atoms with Crippen LogP contribution in [0.3, 0.4) is 0 Å². The summed E-state index contributed by atoms with van der Waals surface area (Å²) < 4.78 is 0. The SMILES string of the molecule is CN(C(=O)[C@@H]1Cc2ccccc2CN1)C1CCCC1. The first kappa shape index (κ1) is 12.7. The summed E-state index contributed by atoms with van der Waals surface area (Å²) in [4.78, 5) is 14.5. The minimum Gasteiger partial charge on any atom is -0.341 e. The van der Waals surface area contributed by atoms with Crippen LogP contribution in [0, 0.1) is 0 Å². The Kier molecular flexibility index (Phi) is 3.56. The highest BCUT2D eigenvalue weighted by Crippen LogP contribution is 2.24. The van der Waals surface area contributed by atoms with Gasteiger partial charge in [0.15, 0.2) is 0 Å². The fourth-order valence-electron chi connectivity index (χ4n) is 3.35. The van der Waals surface area contributed by atoms with Crippen molar-refractivity contribution in [3.63, 3.8) is 0 Å². The average molecular weight is 258 g/mol. The molecule has 0 spiro atoms. The topological polar surface area (TPSA) is 32.3 Å². The van der Waals surface area contributed by atoms with Gasteiger partial charge in [0.25, 0.3) is 0 Å². The third kappa shape index (κ3) is 2.52. The molecule has 1 aliphatic carbocycles. The predicted octanol–water partition coefficient (Wildman–Crippen LogP) is 2.10. The number of carbonyl (C=O) groups is 1. The molecule has 0 saturated heterocycles. The van der Waals surface area contributed by atoms with E-state index in [4.69, 9.17) is 0 Å². The predicted molar refractivity (Wildman–Crippen MR) is 75.8 cm³/mol. The van der Waals surface area contributed by atoms with Crippen LogP contribution in [0.2, 0.25) is 0 Å². The third-order valence-electron chi connectivity index (χ3n) is 4.60. The molecule has 1 aliphatic heterocycles. The van der Waals surface area contributed by atoms with Crippen molar-refractivity contribution in [2.24, 2.45) is 0 Å². The van der Waals surface area contributed by atoms with Crippen molar-refractivity contribution in [1.29, 1.82) is 0 Å². The summed E-state index contributed by atoms with van der Waals surface area (Å²) in [5.74, 6) is 0.265. The van der Waals surface area contributed by atoms with Crippen molar-refractivity contribution >= 4 is 5.91 Å². The maximum absolute atomic E-state index is 12.6. The molecule has 19 heavy (non-hydrogen) atoms. The highest BCUT2D eigenvalue weighted by molar-refractivity contribution is 5.82. The Labute approximate surface area is 115 Å². The van der Waals surface area contributed by atoms with E-state index in [1.54, 1.807) is 0 Å². The zero-order chi connectivity index (χ0) is 13.2. The first-order valence-electron chi connectivity index (χ1n) is 7.32. The number of rotatable bonds is 2. The van der Waals surface area contributed by atoms with Crippen molar-refractivity contribution in [2.75, 3.05) is 7.05 Å². The maximum Gasteiger partial charge on any atom is 0.240 e. The number of benzene rings is 1. The molecular formula is C16H22N2O. The molecule has 0 aromatic heterocycles. The van der Waals surface area contributed by atoms with Gasteiger partial charge in [-0.2, -0.15) is 0 Å². The normalized spacial score (nSPS) is 23.1. The third-order valence-corrected chi connectivity index (χ3v) is 4.60.